The largest absolute Gasteiger partial charge is 0.478 e. The molecule has 1 saturated heterocycles. The summed E-state index contributed by atoms with van der Waals surface area (Å²) < 4.78 is 5.65. The number of hydrogen-bond donors (Lipinski definition) is 2. The Morgan fingerprint density at radius 3 is 2.39 bits per heavy atom. The monoisotopic (exact) mass is 390 g/mol. The Bertz CT molecular complexity index is 588. The number of aliphatic carboxylic acids is 1. The molecule has 0 bridgehead atoms. The molecule has 28 heavy (non-hydrogen) atoms. The molecular formula is C24H38O4. The molecule has 1 aliphatic rings. The lowest BCUT2D eigenvalue weighted by Gasteiger charge is -2.29. The van der Waals surface area contributed by atoms with E-state index in [1.807, 2.05) is 0 Å². The molecule has 3 atom stereocenters. The van der Waals surface area contributed by atoms with Crippen LogP contribution in [0.5, 0.6) is 0 Å². The van der Waals surface area contributed by atoms with Gasteiger partial charge in [-0.1, -0.05) is 36.5 Å². The van der Waals surface area contributed by atoms with E-state index in [1.165, 1.54) is 11.1 Å². The van der Waals surface area contributed by atoms with Crippen LogP contribution in [0.2, 0.25) is 0 Å². The minimum Gasteiger partial charge on any atom is -0.478 e. The summed E-state index contributed by atoms with van der Waals surface area (Å²) in [5, 5.41) is 19.3. The molecule has 4 heteroatoms. The van der Waals surface area contributed by atoms with Gasteiger partial charge in [-0.3, -0.25) is 0 Å². The lowest BCUT2D eigenvalue weighted by atomic mass is 9.89. The fraction of sp³-hybridized carbons (Fsp3) is 0.625. The number of allylic oxidation sites excluding steroid dienone is 4. The number of hydrogen-bond acceptors (Lipinski definition) is 3. The normalized spacial score (nSPS) is 21.1. The first kappa shape index (κ1) is 24.4. The van der Waals surface area contributed by atoms with E-state index in [-0.39, 0.29) is 11.7 Å². The highest BCUT2D eigenvalue weighted by Gasteiger charge is 2.26. The van der Waals surface area contributed by atoms with E-state index in [1.54, 1.807) is 0 Å². The average Bonchev–Trinajstić information content (AvgIpc) is 2.65. The summed E-state index contributed by atoms with van der Waals surface area (Å²) >= 11 is 0. The van der Waals surface area contributed by atoms with Crippen LogP contribution in [0.4, 0.5) is 0 Å². The first-order valence-corrected chi connectivity index (χ1v) is 10.4. The first-order chi connectivity index (χ1) is 13.2. The van der Waals surface area contributed by atoms with E-state index in [4.69, 9.17) is 9.84 Å². The van der Waals surface area contributed by atoms with Crippen molar-refractivity contribution in [2.45, 2.75) is 84.3 Å². The molecular weight excluding hydrogens is 352 g/mol. The number of aliphatic hydroxyl groups is 1. The highest BCUT2D eigenvalue weighted by Crippen LogP contribution is 2.27. The first-order valence-electron chi connectivity index (χ1n) is 10.4. The number of rotatable bonds is 12. The zero-order valence-corrected chi connectivity index (χ0v) is 17.9. The van der Waals surface area contributed by atoms with E-state index in [9.17, 15) is 9.90 Å². The third kappa shape index (κ3) is 9.52. The van der Waals surface area contributed by atoms with Gasteiger partial charge in [0.1, 0.15) is 0 Å². The van der Waals surface area contributed by atoms with Gasteiger partial charge in [0.25, 0.3) is 0 Å². The summed E-state index contributed by atoms with van der Waals surface area (Å²) in [7, 11) is 0. The van der Waals surface area contributed by atoms with E-state index in [0.29, 0.717) is 25.4 Å². The number of ether oxygens (including phenoxy) is 1. The fourth-order valence-corrected chi connectivity index (χ4v) is 3.41. The van der Waals surface area contributed by atoms with Gasteiger partial charge in [0.15, 0.2) is 0 Å². The Morgan fingerprint density at radius 2 is 1.82 bits per heavy atom. The van der Waals surface area contributed by atoms with Gasteiger partial charge >= 0.3 is 5.97 Å². The summed E-state index contributed by atoms with van der Waals surface area (Å²) in [6, 6.07) is 0. The molecule has 0 unspecified atom stereocenters. The zero-order valence-electron chi connectivity index (χ0n) is 17.9. The van der Waals surface area contributed by atoms with Crippen LogP contribution in [-0.2, 0) is 9.53 Å². The van der Waals surface area contributed by atoms with Crippen molar-refractivity contribution in [1.82, 2.24) is 0 Å². The average molecular weight is 391 g/mol. The molecule has 1 fully saturated rings. The van der Waals surface area contributed by atoms with E-state index >= 15 is 0 Å². The van der Waals surface area contributed by atoms with Crippen LogP contribution in [0.25, 0.3) is 0 Å². The molecule has 0 aromatic heterocycles. The Balaban J connectivity index is 2.24. The van der Waals surface area contributed by atoms with Crippen molar-refractivity contribution in [2.24, 2.45) is 5.92 Å². The Labute approximate surface area is 170 Å². The van der Waals surface area contributed by atoms with Crippen molar-refractivity contribution in [3.8, 4) is 0 Å². The SMILES string of the molecule is C=C(CC/C=C(\C)CCC=C(C)C)[C@H](O)CC[C@H]1CC[C@H](C(=C)C(=O)O)OC1. The van der Waals surface area contributed by atoms with Crippen LogP contribution in [0.15, 0.2) is 47.6 Å². The standard InChI is InChI=1S/C24H38O4/c1-17(2)8-6-9-18(3)10-7-11-19(4)22(25)14-12-21-13-15-23(28-16-21)20(5)24(26)27/h8,10,21-23,25H,4-7,9,11-16H2,1-3H3,(H,26,27)/b18-10+/t21-,22+,23+/m0/s1. The number of carboxylic acid groups (broad SMARTS) is 1. The summed E-state index contributed by atoms with van der Waals surface area (Å²) in [4.78, 5) is 10.9. The van der Waals surface area contributed by atoms with Crippen LogP contribution >= 0.6 is 0 Å². The highest BCUT2D eigenvalue weighted by molar-refractivity contribution is 5.86. The molecule has 0 saturated carbocycles. The molecule has 1 rings (SSSR count). The van der Waals surface area contributed by atoms with Gasteiger partial charge in [-0.25, -0.2) is 4.79 Å². The van der Waals surface area contributed by atoms with Gasteiger partial charge < -0.3 is 14.9 Å². The Morgan fingerprint density at radius 1 is 1.14 bits per heavy atom. The van der Waals surface area contributed by atoms with Crippen LogP contribution < -0.4 is 0 Å². The van der Waals surface area contributed by atoms with Gasteiger partial charge in [0.2, 0.25) is 0 Å². The molecule has 0 radical (unpaired) electrons. The zero-order chi connectivity index (χ0) is 21.1. The summed E-state index contributed by atoms with van der Waals surface area (Å²) in [5.74, 6) is -0.631. The van der Waals surface area contributed by atoms with Crippen molar-refractivity contribution in [1.29, 1.82) is 0 Å². The molecule has 1 heterocycles. The minimum atomic E-state index is -0.989. The predicted molar refractivity (Wildman–Crippen MR) is 115 cm³/mol. The Hall–Kier alpha value is -1.65. The van der Waals surface area contributed by atoms with Gasteiger partial charge in [-0.05, 0) is 83.6 Å². The second-order valence-electron chi connectivity index (χ2n) is 8.26. The maximum Gasteiger partial charge on any atom is 0.333 e. The van der Waals surface area contributed by atoms with E-state index < -0.39 is 12.1 Å². The molecule has 158 valence electrons. The lowest BCUT2D eigenvalue weighted by molar-refractivity contribution is -0.135. The molecule has 0 spiro atoms. The molecule has 0 amide bonds. The third-order valence-corrected chi connectivity index (χ3v) is 5.40. The van der Waals surface area contributed by atoms with Crippen LogP contribution in [-0.4, -0.2) is 35.0 Å². The van der Waals surface area contributed by atoms with Gasteiger partial charge in [-0.15, -0.1) is 0 Å². The lowest BCUT2D eigenvalue weighted by Crippen LogP contribution is -2.30. The number of carboxylic acids is 1. The Kier molecular flexibility index (Phi) is 11.1. The smallest absolute Gasteiger partial charge is 0.333 e. The molecule has 0 aromatic carbocycles. The molecule has 0 aliphatic carbocycles. The van der Waals surface area contributed by atoms with Crippen molar-refractivity contribution >= 4 is 5.97 Å². The maximum absolute atomic E-state index is 10.9. The number of aliphatic hydroxyl groups excluding tert-OH is 1. The molecule has 2 N–H and O–H groups in total. The second kappa shape index (κ2) is 12.7. The van der Waals surface area contributed by atoms with Crippen molar-refractivity contribution < 1.29 is 19.7 Å². The molecule has 1 aliphatic heterocycles. The van der Waals surface area contributed by atoms with Crippen LogP contribution in [0.1, 0.15) is 72.1 Å². The van der Waals surface area contributed by atoms with Crippen molar-refractivity contribution in [3.63, 3.8) is 0 Å². The fourth-order valence-electron chi connectivity index (χ4n) is 3.41. The molecule has 4 nitrogen and oxygen atoms in total. The minimum absolute atomic E-state index is 0.135. The predicted octanol–water partition coefficient (Wildman–Crippen LogP) is 5.59. The van der Waals surface area contributed by atoms with Gasteiger partial charge in [0, 0.05) is 0 Å². The molecule has 0 aromatic rings. The second-order valence-corrected chi connectivity index (χ2v) is 8.26. The van der Waals surface area contributed by atoms with E-state index in [0.717, 1.165) is 44.1 Å². The van der Waals surface area contributed by atoms with Crippen molar-refractivity contribution in [3.05, 3.63) is 47.6 Å². The van der Waals surface area contributed by atoms with Crippen LogP contribution in [0.3, 0.4) is 0 Å². The summed E-state index contributed by atoms with van der Waals surface area (Å²) in [5.41, 5.74) is 3.77. The highest BCUT2D eigenvalue weighted by atomic mass is 16.5. The van der Waals surface area contributed by atoms with Gasteiger partial charge in [0.05, 0.1) is 24.4 Å². The van der Waals surface area contributed by atoms with Crippen LogP contribution in [0, 0.1) is 5.92 Å². The third-order valence-electron chi connectivity index (χ3n) is 5.40. The van der Waals surface area contributed by atoms with Crippen molar-refractivity contribution in [2.75, 3.05) is 6.61 Å². The van der Waals surface area contributed by atoms with Gasteiger partial charge in [-0.2, -0.15) is 0 Å². The summed E-state index contributed by atoms with van der Waals surface area (Å²) in [6.07, 6.45) is 10.7. The quantitative estimate of drug-likeness (QED) is 0.336. The van der Waals surface area contributed by atoms with E-state index in [2.05, 4.69) is 46.1 Å². The number of carbonyl (C=O) groups is 1. The topological polar surface area (TPSA) is 66.8 Å². The maximum atomic E-state index is 10.9. The summed E-state index contributed by atoms with van der Waals surface area (Å²) in [6.45, 7) is 14.6.